The maximum Gasteiger partial charge on any atom is 0.340 e. The van der Waals surface area contributed by atoms with Crippen LogP contribution >= 0.6 is 0 Å². The van der Waals surface area contributed by atoms with Crippen molar-refractivity contribution in [2.45, 2.75) is 26.7 Å². The first-order chi connectivity index (χ1) is 8.99. The van der Waals surface area contributed by atoms with Gasteiger partial charge in [-0.15, -0.1) is 0 Å². The molecule has 0 saturated heterocycles. The summed E-state index contributed by atoms with van der Waals surface area (Å²) in [6.45, 7) is 4.68. The van der Waals surface area contributed by atoms with Gasteiger partial charge in [0.25, 0.3) is 0 Å². The topological polar surface area (TPSA) is 38.3 Å². The van der Waals surface area contributed by atoms with E-state index in [1.165, 1.54) is 0 Å². The normalized spacial score (nSPS) is 12.1. The Morgan fingerprint density at radius 1 is 1.37 bits per heavy atom. The second kappa shape index (κ2) is 7.07. The Morgan fingerprint density at radius 3 is 2.63 bits per heavy atom. The number of anilines is 1. The Balaban J connectivity index is 2.86. The zero-order chi connectivity index (χ0) is 14.4. The van der Waals surface area contributed by atoms with Gasteiger partial charge in [0, 0.05) is 12.6 Å². The lowest BCUT2D eigenvalue weighted by Crippen LogP contribution is -2.13. The fourth-order valence-corrected chi connectivity index (χ4v) is 1.83. The average Bonchev–Trinajstić information content (AvgIpc) is 2.37. The van der Waals surface area contributed by atoms with Crippen LogP contribution in [0.1, 0.15) is 37.0 Å². The van der Waals surface area contributed by atoms with Gasteiger partial charge < -0.3 is 10.1 Å². The molecular formula is C14H19F2NO2. The summed E-state index contributed by atoms with van der Waals surface area (Å²) in [6.07, 6.45) is 2.06. The smallest absolute Gasteiger partial charge is 0.340 e. The van der Waals surface area contributed by atoms with Gasteiger partial charge in [-0.25, -0.2) is 13.6 Å². The summed E-state index contributed by atoms with van der Waals surface area (Å²) in [5.74, 6) is -2.08. The molecule has 1 rings (SSSR count). The first kappa shape index (κ1) is 15.4. The summed E-state index contributed by atoms with van der Waals surface area (Å²) in [7, 11) is 1.15. The molecule has 0 saturated carbocycles. The Morgan fingerprint density at radius 2 is 2.05 bits per heavy atom. The molecule has 0 amide bonds. The minimum absolute atomic E-state index is 0.116. The lowest BCUT2D eigenvalue weighted by Gasteiger charge is -2.14. The monoisotopic (exact) mass is 271 g/mol. The van der Waals surface area contributed by atoms with Crippen LogP contribution in [-0.4, -0.2) is 19.6 Å². The highest BCUT2D eigenvalue weighted by atomic mass is 19.1. The number of rotatable bonds is 6. The van der Waals surface area contributed by atoms with Crippen molar-refractivity contribution in [2.75, 3.05) is 19.0 Å². The number of carbonyl (C=O) groups is 1. The molecule has 106 valence electrons. The molecule has 0 aromatic heterocycles. The molecule has 19 heavy (non-hydrogen) atoms. The van der Waals surface area contributed by atoms with E-state index in [0.29, 0.717) is 18.5 Å². The predicted molar refractivity (Wildman–Crippen MR) is 70.3 cm³/mol. The summed E-state index contributed by atoms with van der Waals surface area (Å²) in [6, 6.07) is 1.84. The van der Waals surface area contributed by atoms with Gasteiger partial charge in [-0.3, -0.25) is 0 Å². The van der Waals surface area contributed by atoms with Gasteiger partial charge >= 0.3 is 5.97 Å². The van der Waals surface area contributed by atoms with Crippen LogP contribution in [0.15, 0.2) is 12.1 Å². The highest BCUT2D eigenvalue weighted by molar-refractivity contribution is 5.90. The number of hydrogen-bond donors (Lipinski definition) is 1. The van der Waals surface area contributed by atoms with Gasteiger partial charge in [0.05, 0.1) is 18.4 Å². The third-order valence-electron chi connectivity index (χ3n) is 2.88. The van der Waals surface area contributed by atoms with Gasteiger partial charge in [-0.1, -0.05) is 20.3 Å². The maximum atomic E-state index is 13.6. The van der Waals surface area contributed by atoms with E-state index in [1.807, 2.05) is 6.92 Å². The van der Waals surface area contributed by atoms with Gasteiger partial charge in [-0.2, -0.15) is 0 Å². The van der Waals surface area contributed by atoms with Crippen molar-refractivity contribution in [3.63, 3.8) is 0 Å². The van der Waals surface area contributed by atoms with Crippen LogP contribution in [0.3, 0.4) is 0 Å². The molecule has 1 unspecified atom stereocenters. The molecule has 0 aliphatic heterocycles. The third kappa shape index (κ3) is 4.19. The van der Waals surface area contributed by atoms with Crippen LogP contribution in [0.2, 0.25) is 0 Å². The number of esters is 1. The maximum absolute atomic E-state index is 13.6. The number of halogens is 2. The van der Waals surface area contributed by atoms with Crippen LogP contribution in [0.25, 0.3) is 0 Å². The first-order valence-corrected chi connectivity index (χ1v) is 6.30. The molecule has 1 atom stereocenters. The molecule has 0 aliphatic rings. The van der Waals surface area contributed by atoms with Crippen molar-refractivity contribution in [2.24, 2.45) is 5.92 Å². The number of carbonyl (C=O) groups excluding carboxylic acids is 1. The van der Waals surface area contributed by atoms with Crippen molar-refractivity contribution in [3.8, 4) is 0 Å². The minimum atomic E-state index is -0.920. The van der Waals surface area contributed by atoms with Crippen LogP contribution in [0.4, 0.5) is 14.5 Å². The van der Waals surface area contributed by atoms with E-state index in [1.54, 1.807) is 0 Å². The Kier molecular flexibility index (Phi) is 5.73. The van der Waals surface area contributed by atoms with E-state index in [0.717, 1.165) is 26.0 Å². The minimum Gasteiger partial charge on any atom is -0.465 e. The zero-order valence-electron chi connectivity index (χ0n) is 11.4. The number of benzene rings is 1. The Hall–Kier alpha value is -1.65. The van der Waals surface area contributed by atoms with Crippen LogP contribution in [0.5, 0.6) is 0 Å². The van der Waals surface area contributed by atoms with Gasteiger partial charge in [0.1, 0.15) is 11.6 Å². The predicted octanol–water partition coefficient (Wildman–Crippen LogP) is 3.60. The lowest BCUT2D eigenvalue weighted by molar-refractivity contribution is 0.0595. The SMILES string of the molecule is CCCC(C)CNc1cc(C(=O)OC)c(F)cc1F. The van der Waals surface area contributed by atoms with Crippen LogP contribution in [0, 0.1) is 17.6 Å². The largest absolute Gasteiger partial charge is 0.465 e. The summed E-state index contributed by atoms with van der Waals surface area (Å²) in [5.41, 5.74) is -0.153. The Labute approximate surface area is 112 Å². The van der Waals surface area contributed by atoms with Crippen molar-refractivity contribution in [3.05, 3.63) is 29.3 Å². The molecule has 0 radical (unpaired) electrons. The molecule has 3 nitrogen and oxygen atoms in total. The molecule has 5 heteroatoms. The molecular weight excluding hydrogens is 252 g/mol. The number of hydrogen-bond acceptors (Lipinski definition) is 3. The molecule has 1 aromatic rings. The van der Waals surface area contributed by atoms with E-state index in [2.05, 4.69) is 17.0 Å². The highest BCUT2D eigenvalue weighted by Crippen LogP contribution is 2.21. The number of nitrogens with one attached hydrogen (secondary N) is 1. The summed E-state index contributed by atoms with van der Waals surface area (Å²) in [5, 5.41) is 2.89. The van der Waals surface area contributed by atoms with Crippen LogP contribution in [-0.2, 0) is 4.74 Å². The van der Waals surface area contributed by atoms with Crippen molar-refractivity contribution in [1.29, 1.82) is 0 Å². The van der Waals surface area contributed by atoms with Crippen molar-refractivity contribution >= 4 is 11.7 Å². The number of ether oxygens (including phenoxy) is 1. The number of methoxy groups -OCH3 is 1. The molecule has 0 heterocycles. The molecule has 1 N–H and O–H groups in total. The summed E-state index contributed by atoms with van der Waals surface area (Å²) >= 11 is 0. The molecule has 0 bridgehead atoms. The van der Waals surface area contributed by atoms with Gasteiger partial charge in [-0.05, 0) is 18.4 Å². The average molecular weight is 271 g/mol. The van der Waals surface area contributed by atoms with Gasteiger partial charge in [0.2, 0.25) is 0 Å². The van der Waals surface area contributed by atoms with E-state index in [9.17, 15) is 13.6 Å². The fraction of sp³-hybridized carbons (Fsp3) is 0.500. The van der Waals surface area contributed by atoms with Crippen molar-refractivity contribution < 1.29 is 18.3 Å². The van der Waals surface area contributed by atoms with E-state index in [4.69, 9.17) is 0 Å². The third-order valence-corrected chi connectivity index (χ3v) is 2.88. The standard InChI is InChI=1S/C14H19F2NO2/c1-4-5-9(2)8-17-13-6-10(14(18)19-3)11(15)7-12(13)16/h6-7,9,17H,4-5,8H2,1-3H3. The van der Waals surface area contributed by atoms with E-state index in [-0.39, 0.29) is 11.3 Å². The second-order valence-electron chi connectivity index (χ2n) is 4.58. The Bertz CT molecular complexity index is 449. The first-order valence-electron chi connectivity index (χ1n) is 6.30. The summed E-state index contributed by atoms with van der Waals surface area (Å²) < 4.78 is 31.4. The molecule has 0 aliphatic carbocycles. The quantitative estimate of drug-likeness (QED) is 0.803. The van der Waals surface area contributed by atoms with E-state index < -0.39 is 17.6 Å². The van der Waals surface area contributed by atoms with Crippen molar-refractivity contribution in [1.82, 2.24) is 0 Å². The van der Waals surface area contributed by atoms with Gasteiger partial charge in [0.15, 0.2) is 0 Å². The fourth-order valence-electron chi connectivity index (χ4n) is 1.83. The van der Waals surface area contributed by atoms with Crippen LogP contribution < -0.4 is 5.32 Å². The van der Waals surface area contributed by atoms with E-state index >= 15 is 0 Å². The summed E-state index contributed by atoms with van der Waals surface area (Å²) in [4.78, 5) is 11.3. The second-order valence-corrected chi connectivity index (χ2v) is 4.58. The lowest BCUT2D eigenvalue weighted by atomic mass is 10.1. The molecule has 0 spiro atoms. The molecule has 0 fully saturated rings. The highest BCUT2D eigenvalue weighted by Gasteiger charge is 2.16. The molecule has 1 aromatic carbocycles. The zero-order valence-corrected chi connectivity index (χ0v) is 11.4.